The Hall–Kier alpha value is -3.51. The zero-order valence-corrected chi connectivity index (χ0v) is 23.7. The van der Waals surface area contributed by atoms with Crippen molar-refractivity contribution in [3.05, 3.63) is 89.0 Å². The lowest BCUT2D eigenvalue weighted by Crippen LogP contribution is -2.47. The van der Waals surface area contributed by atoms with Gasteiger partial charge in [0.25, 0.3) is 0 Å². The molecule has 0 aromatic heterocycles. The fraction of sp³-hybridized carbons (Fsp3) is 0.441. The van der Waals surface area contributed by atoms with Crippen LogP contribution < -0.4 is 14.4 Å². The Morgan fingerprint density at radius 2 is 1.75 bits per heavy atom. The molecule has 6 heteroatoms. The molecule has 2 heterocycles. The summed E-state index contributed by atoms with van der Waals surface area (Å²) in [5.74, 6) is 2.32. The van der Waals surface area contributed by atoms with E-state index in [-0.39, 0.29) is 18.1 Å². The summed E-state index contributed by atoms with van der Waals surface area (Å²) in [4.78, 5) is 17.4. The van der Waals surface area contributed by atoms with E-state index in [9.17, 15) is 4.79 Å². The van der Waals surface area contributed by atoms with Crippen LogP contribution in [0.4, 0.5) is 5.69 Å². The van der Waals surface area contributed by atoms with Crippen LogP contribution in [0.2, 0.25) is 0 Å². The molecular weight excluding hydrogens is 500 g/mol. The second-order valence-electron chi connectivity index (χ2n) is 11.6. The van der Waals surface area contributed by atoms with Gasteiger partial charge in [-0.15, -0.1) is 0 Å². The summed E-state index contributed by atoms with van der Waals surface area (Å²) in [5.41, 5.74) is 5.89. The molecule has 3 aliphatic rings. The van der Waals surface area contributed by atoms with Gasteiger partial charge in [0.05, 0.1) is 12.8 Å². The molecule has 0 bridgehead atoms. The molecular formula is C34H40N2O4. The van der Waals surface area contributed by atoms with Crippen molar-refractivity contribution >= 4 is 11.7 Å². The van der Waals surface area contributed by atoms with E-state index >= 15 is 0 Å². The van der Waals surface area contributed by atoms with Gasteiger partial charge >= 0.3 is 5.97 Å². The normalized spacial score (nSPS) is 21.2. The smallest absolute Gasteiger partial charge is 0.323 e. The lowest BCUT2D eigenvalue weighted by atomic mass is 9.91. The summed E-state index contributed by atoms with van der Waals surface area (Å²) < 4.78 is 18.0. The number of esters is 1. The number of benzene rings is 3. The first kappa shape index (κ1) is 26.7. The third-order valence-electron chi connectivity index (χ3n) is 8.86. The van der Waals surface area contributed by atoms with Crippen LogP contribution in [0.15, 0.2) is 66.7 Å². The van der Waals surface area contributed by atoms with Crippen molar-refractivity contribution in [1.29, 1.82) is 0 Å². The van der Waals surface area contributed by atoms with Crippen LogP contribution in [0, 0.1) is 5.92 Å². The van der Waals surface area contributed by atoms with Crippen LogP contribution in [0.3, 0.4) is 0 Å². The van der Waals surface area contributed by atoms with Gasteiger partial charge in [0.1, 0.15) is 30.3 Å². The number of methoxy groups -OCH3 is 1. The van der Waals surface area contributed by atoms with E-state index in [0.29, 0.717) is 18.9 Å². The Labute approximate surface area is 237 Å². The molecule has 0 N–H and O–H groups in total. The summed E-state index contributed by atoms with van der Waals surface area (Å²) >= 11 is 0. The van der Waals surface area contributed by atoms with E-state index in [2.05, 4.69) is 53.2 Å². The summed E-state index contributed by atoms with van der Waals surface area (Å²) in [6.07, 6.45) is 6.65. The summed E-state index contributed by atoms with van der Waals surface area (Å²) in [7, 11) is 3.64. The molecule has 0 spiro atoms. The van der Waals surface area contributed by atoms with Gasteiger partial charge < -0.3 is 19.1 Å². The molecule has 2 atom stereocenters. The first-order chi connectivity index (χ1) is 19.6. The molecule has 3 aromatic carbocycles. The van der Waals surface area contributed by atoms with Crippen molar-refractivity contribution in [2.24, 2.45) is 5.92 Å². The maximum atomic E-state index is 12.8. The van der Waals surface area contributed by atoms with Crippen molar-refractivity contribution in [2.45, 2.75) is 63.8 Å². The topological polar surface area (TPSA) is 51.2 Å². The number of ether oxygens (including phenoxy) is 3. The van der Waals surface area contributed by atoms with Crippen LogP contribution in [0.5, 0.6) is 11.5 Å². The van der Waals surface area contributed by atoms with E-state index in [1.165, 1.54) is 43.9 Å². The maximum Gasteiger partial charge on any atom is 0.323 e. The first-order valence-electron chi connectivity index (χ1n) is 14.7. The van der Waals surface area contributed by atoms with E-state index in [0.717, 1.165) is 54.4 Å². The zero-order valence-electron chi connectivity index (χ0n) is 23.7. The SMILES string of the molecule is COC(=O)[C@@H]1Cc2cc3c(cc2CN1CC1CCCC1)O[C@@H](c1ccc(OCc2ccccc2)cc1)CCN3C. The standard InChI is InChI=1S/C34H40N2O4/c1-35-17-16-32(26-12-14-29(15-13-26)39-23-25-10-4-3-5-11-25)40-33-20-28-22-36(21-24-8-6-7-9-24)31(34(37)38-2)19-27(28)18-30(33)35/h3-5,10-15,18,20,24,31-32H,6-9,16-17,19,21-23H2,1-2H3/t31-,32+/m0/s1. The number of anilines is 1. The number of carbonyl (C=O) groups excluding carboxylic acids is 1. The van der Waals surface area contributed by atoms with Gasteiger partial charge in [-0.3, -0.25) is 9.69 Å². The zero-order chi connectivity index (χ0) is 27.5. The number of hydrogen-bond acceptors (Lipinski definition) is 6. The molecule has 1 saturated carbocycles. The van der Waals surface area contributed by atoms with Crippen molar-refractivity contribution in [2.75, 3.05) is 32.1 Å². The molecule has 2 aliphatic heterocycles. The summed E-state index contributed by atoms with van der Waals surface area (Å²) in [5, 5.41) is 0. The summed E-state index contributed by atoms with van der Waals surface area (Å²) in [6.45, 7) is 3.15. The minimum Gasteiger partial charge on any atom is -0.489 e. The minimum atomic E-state index is -0.219. The average Bonchev–Trinajstić information content (AvgIpc) is 3.45. The molecule has 1 aliphatic carbocycles. The van der Waals surface area contributed by atoms with Crippen LogP contribution in [0.25, 0.3) is 0 Å². The number of nitrogens with zero attached hydrogens (tertiary/aromatic N) is 2. The molecule has 6 nitrogen and oxygen atoms in total. The Kier molecular flexibility index (Phi) is 7.96. The van der Waals surface area contributed by atoms with Gasteiger partial charge in [-0.25, -0.2) is 0 Å². The summed E-state index contributed by atoms with van der Waals surface area (Å²) in [6, 6.07) is 22.8. The highest BCUT2D eigenvalue weighted by Gasteiger charge is 2.35. The Bertz CT molecular complexity index is 1300. The predicted octanol–water partition coefficient (Wildman–Crippen LogP) is 6.32. The second-order valence-corrected chi connectivity index (χ2v) is 11.6. The molecule has 0 unspecified atom stereocenters. The predicted molar refractivity (Wildman–Crippen MR) is 157 cm³/mol. The molecule has 1 fully saturated rings. The Morgan fingerprint density at radius 1 is 0.975 bits per heavy atom. The van der Waals surface area contributed by atoms with E-state index < -0.39 is 0 Å². The number of rotatable bonds is 7. The highest BCUT2D eigenvalue weighted by Crippen LogP contribution is 2.41. The van der Waals surface area contributed by atoms with Crippen LogP contribution >= 0.6 is 0 Å². The van der Waals surface area contributed by atoms with E-state index in [1.54, 1.807) is 0 Å². The highest BCUT2D eigenvalue weighted by atomic mass is 16.5. The number of carbonyl (C=O) groups is 1. The van der Waals surface area contributed by atoms with Crippen LogP contribution in [0.1, 0.15) is 60.5 Å². The molecule has 0 saturated heterocycles. The molecule has 3 aromatic rings. The Balaban J connectivity index is 1.20. The third-order valence-corrected chi connectivity index (χ3v) is 8.86. The average molecular weight is 541 g/mol. The maximum absolute atomic E-state index is 12.8. The number of hydrogen-bond donors (Lipinski definition) is 0. The van der Waals surface area contributed by atoms with Gasteiger partial charge in [-0.1, -0.05) is 55.3 Å². The van der Waals surface area contributed by atoms with Gasteiger partial charge in [0.2, 0.25) is 0 Å². The van der Waals surface area contributed by atoms with Crippen molar-refractivity contribution in [3.8, 4) is 11.5 Å². The van der Waals surface area contributed by atoms with Crippen LogP contribution in [-0.4, -0.2) is 44.2 Å². The number of fused-ring (bicyclic) bond motifs is 2. The van der Waals surface area contributed by atoms with Gasteiger partial charge in [-0.2, -0.15) is 0 Å². The third kappa shape index (κ3) is 5.83. The molecule has 210 valence electrons. The minimum absolute atomic E-state index is 0.0362. The van der Waals surface area contributed by atoms with Gasteiger partial charge in [0, 0.05) is 33.1 Å². The molecule has 6 rings (SSSR count). The molecule has 40 heavy (non-hydrogen) atoms. The van der Waals surface area contributed by atoms with Gasteiger partial charge in [0.15, 0.2) is 0 Å². The monoisotopic (exact) mass is 540 g/mol. The highest BCUT2D eigenvalue weighted by molar-refractivity contribution is 5.77. The first-order valence-corrected chi connectivity index (χ1v) is 14.7. The van der Waals surface area contributed by atoms with Crippen LogP contribution in [-0.2, 0) is 29.1 Å². The fourth-order valence-corrected chi connectivity index (χ4v) is 6.53. The lowest BCUT2D eigenvalue weighted by Gasteiger charge is -2.37. The van der Waals surface area contributed by atoms with Crippen molar-refractivity contribution < 1.29 is 19.0 Å². The van der Waals surface area contributed by atoms with E-state index in [1.807, 2.05) is 30.3 Å². The van der Waals surface area contributed by atoms with Crippen molar-refractivity contribution in [3.63, 3.8) is 0 Å². The lowest BCUT2D eigenvalue weighted by molar-refractivity contribution is -0.148. The largest absolute Gasteiger partial charge is 0.489 e. The Morgan fingerprint density at radius 3 is 2.50 bits per heavy atom. The van der Waals surface area contributed by atoms with Gasteiger partial charge in [-0.05, 0) is 71.7 Å². The fourth-order valence-electron chi connectivity index (χ4n) is 6.53. The second kappa shape index (κ2) is 11.9. The quantitative estimate of drug-likeness (QED) is 0.327. The molecule has 0 radical (unpaired) electrons. The molecule has 0 amide bonds. The van der Waals surface area contributed by atoms with E-state index in [4.69, 9.17) is 14.2 Å². The van der Waals surface area contributed by atoms with Crippen molar-refractivity contribution in [1.82, 2.24) is 4.90 Å².